The second kappa shape index (κ2) is 7.79. The van der Waals surface area contributed by atoms with Gasteiger partial charge in [0.15, 0.2) is 5.96 Å². The molecule has 0 aliphatic carbocycles. The van der Waals surface area contributed by atoms with E-state index in [1.165, 1.54) is 12.8 Å². The molecule has 0 aromatic heterocycles. The molecule has 2 aliphatic heterocycles. The molecule has 3 N–H and O–H groups in total. The van der Waals surface area contributed by atoms with Crippen molar-refractivity contribution in [2.45, 2.75) is 63.8 Å². The number of rotatable bonds is 4. The van der Waals surface area contributed by atoms with Gasteiger partial charge in [0, 0.05) is 25.7 Å². The third-order valence-corrected chi connectivity index (χ3v) is 3.72. The van der Waals surface area contributed by atoms with E-state index < -0.39 is 0 Å². The van der Waals surface area contributed by atoms with Crippen molar-refractivity contribution in [2.75, 3.05) is 20.1 Å². The van der Waals surface area contributed by atoms with Gasteiger partial charge >= 0.3 is 0 Å². The van der Waals surface area contributed by atoms with Crippen molar-refractivity contribution in [3.05, 3.63) is 0 Å². The van der Waals surface area contributed by atoms with Crippen molar-refractivity contribution in [1.82, 2.24) is 16.0 Å². The Balaban J connectivity index is 0.00000200. The summed E-state index contributed by atoms with van der Waals surface area (Å²) in [5.41, 5.74) is 0.164. The first kappa shape index (κ1) is 18.0. The lowest BCUT2D eigenvalue weighted by Crippen LogP contribution is -2.49. The van der Waals surface area contributed by atoms with Crippen LogP contribution in [-0.4, -0.2) is 49.9 Å². The van der Waals surface area contributed by atoms with Crippen LogP contribution in [0.25, 0.3) is 0 Å². The number of ether oxygens (including phenoxy) is 1. The van der Waals surface area contributed by atoms with Crippen molar-refractivity contribution in [1.29, 1.82) is 0 Å². The van der Waals surface area contributed by atoms with Crippen LogP contribution in [0.15, 0.2) is 4.99 Å². The first-order valence-electron chi connectivity index (χ1n) is 7.35. The van der Waals surface area contributed by atoms with E-state index >= 15 is 0 Å². The molecule has 0 saturated carbocycles. The fourth-order valence-electron chi connectivity index (χ4n) is 2.78. The van der Waals surface area contributed by atoms with Gasteiger partial charge in [-0.25, -0.2) is 0 Å². The Hall–Kier alpha value is -0.0800. The summed E-state index contributed by atoms with van der Waals surface area (Å²) >= 11 is 0. The average Bonchev–Trinajstić information content (AvgIpc) is 2.93. The zero-order valence-electron chi connectivity index (χ0n) is 13.0. The van der Waals surface area contributed by atoms with Crippen molar-refractivity contribution >= 4 is 29.9 Å². The quantitative estimate of drug-likeness (QED) is 0.292. The molecule has 0 spiro atoms. The first-order valence-corrected chi connectivity index (χ1v) is 7.35. The maximum atomic E-state index is 5.84. The van der Waals surface area contributed by atoms with Gasteiger partial charge in [-0.15, -0.1) is 24.0 Å². The van der Waals surface area contributed by atoms with Crippen molar-refractivity contribution in [3.63, 3.8) is 0 Å². The monoisotopic (exact) mass is 396 g/mol. The van der Waals surface area contributed by atoms with Crippen molar-refractivity contribution in [2.24, 2.45) is 4.99 Å². The number of hydrogen-bond acceptors (Lipinski definition) is 3. The highest BCUT2D eigenvalue weighted by molar-refractivity contribution is 14.0. The largest absolute Gasteiger partial charge is 0.373 e. The van der Waals surface area contributed by atoms with Crippen LogP contribution >= 0.6 is 24.0 Å². The molecule has 2 bridgehead atoms. The summed E-state index contributed by atoms with van der Waals surface area (Å²) in [6, 6.07) is 0.431. The Kier molecular flexibility index (Phi) is 7.00. The molecule has 2 rings (SSSR count). The van der Waals surface area contributed by atoms with Crippen LogP contribution in [-0.2, 0) is 4.74 Å². The first-order chi connectivity index (χ1) is 8.98. The van der Waals surface area contributed by atoms with Gasteiger partial charge in [-0.3, -0.25) is 4.99 Å². The molecule has 20 heavy (non-hydrogen) atoms. The number of nitrogens with one attached hydrogen (secondary N) is 3. The van der Waals surface area contributed by atoms with Gasteiger partial charge in [-0.05, 0) is 40.0 Å². The SMILES string of the molecule is CN=C(NCCNC(C)(C)C)NC1CC2CCC1O2.I. The van der Waals surface area contributed by atoms with Crippen LogP contribution in [0, 0.1) is 0 Å². The normalized spacial score (nSPS) is 29.2. The summed E-state index contributed by atoms with van der Waals surface area (Å²) < 4.78 is 5.84. The van der Waals surface area contributed by atoms with Crippen LogP contribution < -0.4 is 16.0 Å². The molecule has 2 heterocycles. The fourth-order valence-corrected chi connectivity index (χ4v) is 2.78. The molecule has 3 unspecified atom stereocenters. The van der Waals surface area contributed by atoms with E-state index in [0.717, 1.165) is 25.5 Å². The van der Waals surface area contributed by atoms with E-state index in [2.05, 4.69) is 41.7 Å². The van der Waals surface area contributed by atoms with E-state index in [9.17, 15) is 0 Å². The lowest BCUT2D eigenvalue weighted by Gasteiger charge is -2.24. The lowest BCUT2D eigenvalue weighted by atomic mass is 9.96. The maximum Gasteiger partial charge on any atom is 0.191 e. The second-order valence-electron chi connectivity index (χ2n) is 6.54. The zero-order valence-corrected chi connectivity index (χ0v) is 15.4. The van der Waals surface area contributed by atoms with Crippen LogP contribution in [0.5, 0.6) is 0 Å². The Morgan fingerprint density at radius 1 is 1.25 bits per heavy atom. The van der Waals surface area contributed by atoms with Gasteiger partial charge < -0.3 is 20.7 Å². The van der Waals surface area contributed by atoms with Gasteiger partial charge in [-0.2, -0.15) is 0 Å². The van der Waals surface area contributed by atoms with E-state index in [-0.39, 0.29) is 29.5 Å². The molecule has 6 heteroatoms. The molecule has 118 valence electrons. The van der Waals surface area contributed by atoms with Crippen molar-refractivity contribution in [3.8, 4) is 0 Å². The number of halogens is 1. The third kappa shape index (κ3) is 5.37. The van der Waals surface area contributed by atoms with Crippen LogP contribution in [0.2, 0.25) is 0 Å². The van der Waals surface area contributed by atoms with Gasteiger partial charge in [0.05, 0.1) is 18.2 Å². The minimum atomic E-state index is 0. The Morgan fingerprint density at radius 3 is 2.50 bits per heavy atom. The van der Waals surface area contributed by atoms with Crippen LogP contribution in [0.3, 0.4) is 0 Å². The van der Waals surface area contributed by atoms with Gasteiger partial charge in [0.1, 0.15) is 0 Å². The number of nitrogens with zero attached hydrogens (tertiary/aromatic N) is 1. The van der Waals surface area contributed by atoms with Gasteiger partial charge in [-0.1, -0.05) is 0 Å². The highest BCUT2D eigenvalue weighted by Crippen LogP contribution is 2.34. The summed E-state index contributed by atoms with van der Waals surface area (Å²) in [5.74, 6) is 0.886. The highest BCUT2D eigenvalue weighted by atomic mass is 127. The molecule has 0 aromatic rings. The van der Waals surface area contributed by atoms with Crippen molar-refractivity contribution < 1.29 is 4.74 Å². The Labute approximate surface area is 139 Å². The molecular weight excluding hydrogens is 367 g/mol. The maximum absolute atomic E-state index is 5.84. The van der Waals surface area contributed by atoms with E-state index in [0.29, 0.717) is 18.2 Å². The Bertz CT molecular complexity index is 330. The highest BCUT2D eigenvalue weighted by Gasteiger charge is 2.41. The van der Waals surface area contributed by atoms with Crippen LogP contribution in [0.4, 0.5) is 0 Å². The summed E-state index contributed by atoms with van der Waals surface area (Å²) in [4.78, 5) is 4.28. The molecule has 5 nitrogen and oxygen atoms in total. The molecular formula is C14H29IN4O. The molecule has 0 aromatic carbocycles. The summed E-state index contributed by atoms with van der Waals surface area (Å²) in [6.45, 7) is 8.32. The molecule has 2 fully saturated rings. The predicted octanol–water partition coefficient (Wildman–Crippen LogP) is 1.48. The second-order valence-corrected chi connectivity index (χ2v) is 6.54. The minimum absolute atomic E-state index is 0. The lowest BCUT2D eigenvalue weighted by molar-refractivity contribution is 0.0992. The molecule has 2 aliphatic rings. The number of fused-ring (bicyclic) bond motifs is 2. The molecule has 0 amide bonds. The van der Waals surface area contributed by atoms with Gasteiger partial charge in [0.2, 0.25) is 0 Å². The topological polar surface area (TPSA) is 57.7 Å². The average molecular weight is 396 g/mol. The van der Waals surface area contributed by atoms with Gasteiger partial charge in [0.25, 0.3) is 0 Å². The Morgan fingerprint density at radius 2 is 2.00 bits per heavy atom. The minimum Gasteiger partial charge on any atom is -0.373 e. The summed E-state index contributed by atoms with van der Waals surface area (Å²) in [7, 11) is 1.82. The number of hydrogen-bond donors (Lipinski definition) is 3. The summed E-state index contributed by atoms with van der Waals surface area (Å²) in [6.07, 6.45) is 4.39. The predicted molar refractivity (Wildman–Crippen MR) is 94.0 cm³/mol. The van der Waals surface area contributed by atoms with E-state index in [1.807, 2.05) is 7.05 Å². The third-order valence-electron chi connectivity index (χ3n) is 3.72. The molecule has 0 radical (unpaired) electrons. The smallest absolute Gasteiger partial charge is 0.191 e. The van der Waals surface area contributed by atoms with E-state index in [4.69, 9.17) is 4.74 Å². The molecule has 3 atom stereocenters. The number of guanidine groups is 1. The summed E-state index contributed by atoms with van der Waals surface area (Å²) in [5, 5.41) is 10.3. The van der Waals surface area contributed by atoms with Crippen LogP contribution in [0.1, 0.15) is 40.0 Å². The fraction of sp³-hybridized carbons (Fsp3) is 0.929. The molecule has 2 saturated heterocycles. The standard InChI is InChI=1S/C14H28N4O.HI/c1-14(2,3)17-8-7-16-13(15-4)18-11-9-10-5-6-12(11)19-10;/h10-12,17H,5-9H2,1-4H3,(H2,15,16,18);1H. The number of aliphatic imine (C=N–C) groups is 1. The van der Waals surface area contributed by atoms with E-state index in [1.54, 1.807) is 0 Å². The zero-order chi connectivity index (χ0) is 13.9.